The fourth-order valence-electron chi connectivity index (χ4n) is 6.10. The van der Waals surface area contributed by atoms with E-state index in [-0.39, 0.29) is 30.3 Å². The number of carbonyl (C=O) groups is 1. The molecule has 0 bridgehead atoms. The van der Waals surface area contributed by atoms with Crippen LogP contribution in [0.5, 0.6) is 11.5 Å². The third-order valence-electron chi connectivity index (χ3n) is 8.63. The van der Waals surface area contributed by atoms with Crippen LogP contribution in [0.15, 0.2) is 54.7 Å². The van der Waals surface area contributed by atoms with Crippen molar-refractivity contribution in [2.24, 2.45) is 0 Å². The lowest BCUT2D eigenvalue weighted by atomic mass is 9.88. The summed E-state index contributed by atoms with van der Waals surface area (Å²) in [5.74, 6) is 1.15. The summed E-state index contributed by atoms with van der Waals surface area (Å²) >= 11 is 0. The molecule has 1 saturated heterocycles. The van der Waals surface area contributed by atoms with E-state index in [0.717, 1.165) is 36.7 Å². The van der Waals surface area contributed by atoms with Crippen molar-refractivity contribution in [3.63, 3.8) is 0 Å². The van der Waals surface area contributed by atoms with E-state index in [2.05, 4.69) is 26.3 Å². The molecule has 0 radical (unpaired) electrons. The molecule has 2 aliphatic heterocycles. The Bertz CT molecular complexity index is 1760. The van der Waals surface area contributed by atoms with Crippen LogP contribution >= 0.6 is 0 Å². The van der Waals surface area contributed by atoms with Gasteiger partial charge in [0.15, 0.2) is 0 Å². The summed E-state index contributed by atoms with van der Waals surface area (Å²) in [6.45, 7) is 5.99. The van der Waals surface area contributed by atoms with E-state index in [1.807, 2.05) is 37.1 Å². The zero-order valence-electron chi connectivity index (χ0n) is 25.1. The second kappa shape index (κ2) is 12.4. The maximum absolute atomic E-state index is 14.1. The molecule has 0 spiro atoms. The topological polar surface area (TPSA) is 101 Å². The van der Waals surface area contributed by atoms with Crippen molar-refractivity contribution >= 4 is 22.8 Å². The van der Waals surface area contributed by atoms with E-state index < -0.39 is 17.8 Å². The standard InChI is InChI=1S/C33H34F3N7O2/c1-3-21-19-43(20-23-14-26(6-7-27(21)23)45-30-8-9-38-31-28(30)15-25(17-37)39-31)32(44)40-24-5-4-22(29(16-24)33(34,35)36)18-42-12-10-41(2)11-13-42/h4-9,14-16,21H,3,10-13,18-20H2,1-2H3,(H,38,39)(H,40,44)/t21-/m0/s1. The van der Waals surface area contributed by atoms with Gasteiger partial charge in [-0.15, -0.1) is 0 Å². The van der Waals surface area contributed by atoms with Gasteiger partial charge >= 0.3 is 12.2 Å². The number of nitriles is 1. The summed E-state index contributed by atoms with van der Waals surface area (Å²) in [5.41, 5.74) is 2.49. The van der Waals surface area contributed by atoms with Crippen LogP contribution in [0.2, 0.25) is 0 Å². The largest absolute Gasteiger partial charge is 0.457 e. The number of fused-ring (bicyclic) bond motifs is 2. The van der Waals surface area contributed by atoms with Crippen molar-refractivity contribution in [1.29, 1.82) is 5.26 Å². The first-order chi connectivity index (χ1) is 21.6. The fourth-order valence-corrected chi connectivity index (χ4v) is 6.10. The van der Waals surface area contributed by atoms with E-state index in [1.54, 1.807) is 29.3 Å². The summed E-state index contributed by atoms with van der Waals surface area (Å²) in [7, 11) is 2.00. The number of alkyl halides is 3. The smallest absolute Gasteiger partial charge is 0.416 e. The molecule has 6 rings (SSSR count). The molecule has 2 aromatic heterocycles. The second-order valence-corrected chi connectivity index (χ2v) is 11.7. The molecule has 2 aliphatic rings. The van der Waals surface area contributed by atoms with E-state index in [4.69, 9.17) is 4.74 Å². The van der Waals surface area contributed by atoms with E-state index in [1.165, 1.54) is 6.07 Å². The van der Waals surface area contributed by atoms with Gasteiger partial charge in [0.25, 0.3) is 0 Å². The van der Waals surface area contributed by atoms with Gasteiger partial charge in [0, 0.05) is 63.6 Å². The van der Waals surface area contributed by atoms with Crippen LogP contribution in [0.1, 0.15) is 47.2 Å². The number of ether oxygens (including phenoxy) is 1. The van der Waals surface area contributed by atoms with Crippen LogP contribution in [0.3, 0.4) is 0 Å². The number of piperazine rings is 1. The van der Waals surface area contributed by atoms with Gasteiger partial charge in [-0.1, -0.05) is 19.1 Å². The normalized spacial score (nSPS) is 17.6. The number of carbonyl (C=O) groups excluding carboxylic acids is 1. The van der Waals surface area contributed by atoms with Crippen LogP contribution < -0.4 is 10.1 Å². The first-order valence-electron chi connectivity index (χ1n) is 15.0. The molecule has 4 aromatic rings. The molecule has 0 unspecified atom stereocenters. The van der Waals surface area contributed by atoms with Crippen molar-refractivity contribution in [3.8, 4) is 17.6 Å². The zero-order valence-corrected chi connectivity index (χ0v) is 25.1. The van der Waals surface area contributed by atoms with Crippen molar-refractivity contribution in [2.45, 2.75) is 38.5 Å². The first kappa shape index (κ1) is 30.4. The summed E-state index contributed by atoms with van der Waals surface area (Å²) in [6, 6.07) is 14.8. The van der Waals surface area contributed by atoms with E-state index in [0.29, 0.717) is 47.9 Å². The van der Waals surface area contributed by atoms with Crippen LogP contribution in [0.4, 0.5) is 23.7 Å². The van der Waals surface area contributed by atoms with E-state index >= 15 is 0 Å². The van der Waals surface area contributed by atoms with Gasteiger partial charge in [-0.3, -0.25) is 4.90 Å². The number of anilines is 1. The first-order valence-corrected chi connectivity index (χ1v) is 15.0. The quantitative estimate of drug-likeness (QED) is 0.255. The number of benzene rings is 2. The average molecular weight is 618 g/mol. The Balaban J connectivity index is 1.19. The number of halogens is 3. The maximum atomic E-state index is 14.1. The molecule has 2 amide bonds. The molecule has 2 aromatic carbocycles. The predicted molar refractivity (Wildman–Crippen MR) is 164 cm³/mol. The van der Waals surface area contributed by atoms with Crippen molar-refractivity contribution < 1.29 is 22.7 Å². The van der Waals surface area contributed by atoms with Crippen LogP contribution in [-0.2, 0) is 19.3 Å². The molecular formula is C33H34F3N7O2. The molecule has 45 heavy (non-hydrogen) atoms. The van der Waals surface area contributed by atoms with Gasteiger partial charge in [0.05, 0.1) is 10.9 Å². The van der Waals surface area contributed by atoms with Crippen molar-refractivity contribution in [1.82, 2.24) is 24.7 Å². The number of aromatic amines is 1. The van der Waals surface area contributed by atoms with Crippen molar-refractivity contribution in [3.05, 3.63) is 82.7 Å². The zero-order chi connectivity index (χ0) is 31.7. The van der Waals surface area contributed by atoms with Crippen LogP contribution in [0.25, 0.3) is 11.0 Å². The number of nitrogens with one attached hydrogen (secondary N) is 2. The van der Waals surface area contributed by atoms with Gasteiger partial charge in [0.1, 0.15) is 28.9 Å². The number of H-pyrrole nitrogens is 1. The number of rotatable bonds is 6. The maximum Gasteiger partial charge on any atom is 0.416 e. The minimum absolute atomic E-state index is 0.0562. The number of hydrogen-bond acceptors (Lipinski definition) is 6. The Hall–Kier alpha value is -4.60. The number of amides is 2. The number of aromatic nitrogens is 2. The molecule has 2 N–H and O–H groups in total. The lowest BCUT2D eigenvalue weighted by Gasteiger charge is -2.35. The van der Waals surface area contributed by atoms with Gasteiger partial charge in [0.2, 0.25) is 0 Å². The Kier molecular flexibility index (Phi) is 8.40. The molecule has 1 atom stereocenters. The summed E-state index contributed by atoms with van der Waals surface area (Å²) in [4.78, 5) is 26.4. The Labute approximate surface area is 259 Å². The lowest BCUT2D eigenvalue weighted by molar-refractivity contribution is -0.138. The number of urea groups is 1. The fraction of sp³-hybridized carbons (Fsp3) is 0.364. The second-order valence-electron chi connectivity index (χ2n) is 11.7. The molecule has 12 heteroatoms. The highest BCUT2D eigenvalue weighted by Gasteiger charge is 2.35. The number of hydrogen-bond donors (Lipinski definition) is 2. The third-order valence-corrected chi connectivity index (χ3v) is 8.63. The summed E-state index contributed by atoms with van der Waals surface area (Å²) < 4.78 is 48.5. The monoisotopic (exact) mass is 617 g/mol. The highest BCUT2D eigenvalue weighted by atomic mass is 19.4. The average Bonchev–Trinajstić information content (AvgIpc) is 3.46. The molecule has 0 saturated carbocycles. The number of pyridine rings is 1. The Morgan fingerprint density at radius 1 is 1.13 bits per heavy atom. The molecular weight excluding hydrogens is 583 g/mol. The minimum Gasteiger partial charge on any atom is -0.457 e. The minimum atomic E-state index is -4.55. The Morgan fingerprint density at radius 3 is 2.67 bits per heavy atom. The number of nitrogens with zero attached hydrogens (tertiary/aromatic N) is 5. The van der Waals surface area contributed by atoms with Crippen molar-refractivity contribution in [2.75, 3.05) is 45.1 Å². The van der Waals surface area contributed by atoms with Gasteiger partial charge in [-0.05, 0) is 66.6 Å². The van der Waals surface area contributed by atoms with Crippen LogP contribution in [-0.4, -0.2) is 70.5 Å². The number of likely N-dealkylation sites (N-methyl/N-ethyl adjacent to an activating group) is 1. The van der Waals surface area contributed by atoms with Gasteiger partial charge in [-0.2, -0.15) is 18.4 Å². The molecule has 1 fully saturated rings. The van der Waals surface area contributed by atoms with Gasteiger partial charge in [-0.25, -0.2) is 9.78 Å². The summed E-state index contributed by atoms with van der Waals surface area (Å²) in [5, 5.41) is 12.6. The Morgan fingerprint density at radius 2 is 1.93 bits per heavy atom. The molecule has 234 valence electrons. The predicted octanol–water partition coefficient (Wildman–Crippen LogP) is 6.53. The molecule has 0 aliphatic carbocycles. The highest BCUT2D eigenvalue weighted by molar-refractivity contribution is 5.90. The molecule has 4 heterocycles. The SMILES string of the molecule is CC[C@H]1CN(C(=O)Nc2ccc(CN3CCN(C)CC3)c(C(F)(F)F)c2)Cc2cc(Oc3ccnc4[nH]c(C#N)cc34)ccc21. The molecule has 9 nitrogen and oxygen atoms in total. The lowest BCUT2D eigenvalue weighted by Crippen LogP contribution is -2.44. The highest BCUT2D eigenvalue weighted by Crippen LogP contribution is 2.37. The summed E-state index contributed by atoms with van der Waals surface area (Å²) in [6.07, 6.45) is -2.18. The third kappa shape index (κ3) is 6.60. The van der Waals surface area contributed by atoms with E-state index in [9.17, 15) is 23.2 Å². The van der Waals surface area contributed by atoms with Gasteiger partial charge < -0.3 is 24.8 Å². The van der Waals surface area contributed by atoms with Crippen LogP contribution in [0, 0.1) is 11.3 Å².